The van der Waals surface area contributed by atoms with Gasteiger partial charge in [-0.1, -0.05) is 18.2 Å². The molecule has 1 N–H and O–H groups in total. The highest BCUT2D eigenvalue weighted by molar-refractivity contribution is 5.86. The number of benzene rings is 1. The largest absolute Gasteiger partial charge is 0.493 e. The molecule has 1 aliphatic rings. The average molecular weight is 256 g/mol. The zero-order valence-electron chi connectivity index (χ0n) is 10.1. The predicted octanol–water partition coefficient (Wildman–Crippen LogP) is 1.89. The van der Waals surface area contributed by atoms with Gasteiger partial charge in [-0.2, -0.15) is 0 Å². The zero-order chi connectivity index (χ0) is 13.2. The third kappa shape index (κ3) is 2.27. The van der Waals surface area contributed by atoms with Crippen molar-refractivity contribution < 1.29 is 14.6 Å². The molecule has 0 fully saturated rings. The molecular formula is C14H12N2O3. The molecule has 1 atom stereocenters. The second-order valence-electron chi connectivity index (χ2n) is 4.45. The second kappa shape index (κ2) is 4.68. The topological polar surface area (TPSA) is 72.3 Å². The Bertz CT molecular complexity index is 610. The van der Waals surface area contributed by atoms with Crippen LogP contribution >= 0.6 is 0 Å². The lowest BCUT2D eigenvalue weighted by Crippen LogP contribution is -2.21. The molecule has 0 saturated heterocycles. The van der Waals surface area contributed by atoms with Gasteiger partial charge < -0.3 is 9.84 Å². The maximum Gasteiger partial charge on any atom is 0.338 e. The van der Waals surface area contributed by atoms with Crippen LogP contribution in [0.25, 0.3) is 0 Å². The lowest BCUT2D eigenvalue weighted by atomic mass is 9.96. The highest BCUT2D eigenvalue weighted by atomic mass is 16.5. The molecule has 96 valence electrons. The van der Waals surface area contributed by atoms with Crippen LogP contribution in [0.5, 0.6) is 5.75 Å². The molecule has 1 unspecified atom stereocenters. The first-order valence-electron chi connectivity index (χ1n) is 6.00. The minimum absolute atomic E-state index is 0.0674. The summed E-state index contributed by atoms with van der Waals surface area (Å²) in [6.07, 6.45) is 3.49. The molecule has 19 heavy (non-hydrogen) atoms. The molecule has 0 bridgehead atoms. The normalized spacial score (nSPS) is 17.4. The van der Waals surface area contributed by atoms with Crippen molar-refractivity contribution >= 4 is 5.97 Å². The molecule has 5 heteroatoms. The second-order valence-corrected chi connectivity index (χ2v) is 4.45. The summed E-state index contributed by atoms with van der Waals surface area (Å²) in [6, 6.07) is 7.88. The highest BCUT2D eigenvalue weighted by Crippen LogP contribution is 2.30. The summed E-state index contributed by atoms with van der Waals surface area (Å²) < 4.78 is 5.67. The molecule has 2 heterocycles. The molecule has 0 saturated carbocycles. The monoisotopic (exact) mass is 256 g/mol. The number of carboxylic acid groups (broad SMARTS) is 1. The maximum atomic E-state index is 10.7. The van der Waals surface area contributed by atoms with Gasteiger partial charge >= 0.3 is 5.97 Å². The zero-order valence-corrected chi connectivity index (χ0v) is 10.1. The minimum Gasteiger partial charge on any atom is -0.493 e. The number of nitrogens with zero attached hydrogens (tertiary/aromatic N) is 2. The number of carboxylic acids is 1. The van der Waals surface area contributed by atoms with Gasteiger partial charge in [0.2, 0.25) is 0 Å². The van der Waals surface area contributed by atoms with Crippen molar-refractivity contribution in [1.82, 2.24) is 9.97 Å². The summed E-state index contributed by atoms with van der Waals surface area (Å²) in [7, 11) is 0. The van der Waals surface area contributed by atoms with Crippen LogP contribution < -0.4 is 4.74 Å². The molecule has 5 nitrogen and oxygen atoms in total. The van der Waals surface area contributed by atoms with Gasteiger partial charge in [0, 0.05) is 12.4 Å². The lowest BCUT2D eigenvalue weighted by Gasteiger charge is -2.24. The number of para-hydroxylation sites is 1. The van der Waals surface area contributed by atoms with Crippen LogP contribution in [0.1, 0.15) is 27.7 Å². The Hall–Kier alpha value is -2.43. The van der Waals surface area contributed by atoms with Gasteiger partial charge in [-0.3, -0.25) is 0 Å². The van der Waals surface area contributed by atoms with Gasteiger partial charge in [-0.25, -0.2) is 14.8 Å². The van der Waals surface area contributed by atoms with Crippen LogP contribution in [0.4, 0.5) is 0 Å². The summed E-state index contributed by atoms with van der Waals surface area (Å²) in [4.78, 5) is 19.0. The van der Waals surface area contributed by atoms with Gasteiger partial charge in [0.1, 0.15) is 11.6 Å². The molecule has 2 aromatic rings. The van der Waals surface area contributed by atoms with E-state index in [2.05, 4.69) is 9.97 Å². The quantitative estimate of drug-likeness (QED) is 0.888. The van der Waals surface area contributed by atoms with Crippen molar-refractivity contribution in [1.29, 1.82) is 0 Å². The molecular weight excluding hydrogens is 244 g/mol. The average Bonchev–Trinajstić information content (AvgIpc) is 2.47. The molecule has 0 spiro atoms. The van der Waals surface area contributed by atoms with Crippen LogP contribution in [0, 0.1) is 0 Å². The number of hydrogen-bond donors (Lipinski definition) is 1. The number of hydrogen-bond acceptors (Lipinski definition) is 4. The Balaban J connectivity index is 1.83. The van der Waals surface area contributed by atoms with E-state index in [1.165, 1.54) is 12.4 Å². The Kier molecular flexibility index (Phi) is 2.87. The Morgan fingerprint density at radius 2 is 2.00 bits per heavy atom. The first kappa shape index (κ1) is 11.6. The number of aromatic nitrogens is 2. The van der Waals surface area contributed by atoms with Gasteiger partial charge in [-0.15, -0.1) is 0 Å². The first-order valence-corrected chi connectivity index (χ1v) is 6.00. The Morgan fingerprint density at radius 1 is 1.26 bits per heavy atom. The van der Waals surface area contributed by atoms with Crippen LogP contribution in [-0.2, 0) is 6.42 Å². The first-order chi connectivity index (χ1) is 9.24. The number of carbonyl (C=O) groups is 1. The van der Waals surface area contributed by atoms with E-state index in [0.29, 0.717) is 12.4 Å². The van der Waals surface area contributed by atoms with Crippen LogP contribution in [0.15, 0.2) is 36.7 Å². The fourth-order valence-electron chi connectivity index (χ4n) is 2.15. The lowest BCUT2D eigenvalue weighted by molar-refractivity contribution is 0.0696. The number of aromatic carboxylic acids is 1. The van der Waals surface area contributed by atoms with E-state index in [1.54, 1.807) is 0 Å². The van der Waals surface area contributed by atoms with E-state index < -0.39 is 5.97 Å². The van der Waals surface area contributed by atoms with Crippen molar-refractivity contribution in [3.05, 3.63) is 53.6 Å². The minimum atomic E-state index is -1.02. The van der Waals surface area contributed by atoms with Gasteiger partial charge in [0.15, 0.2) is 0 Å². The van der Waals surface area contributed by atoms with Crippen LogP contribution in [0.3, 0.4) is 0 Å². The molecule has 1 aromatic carbocycles. The maximum absolute atomic E-state index is 10.7. The molecule has 3 rings (SSSR count). The molecule has 0 radical (unpaired) electrons. The van der Waals surface area contributed by atoms with Gasteiger partial charge in [0.05, 0.1) is 18.1 Å². The van der Waals surface area contributed by atoms with Crippen molar-refractivity contribution in [2.75, 3.05) is 6.61 Å². The summed E-state index contributed by atoms with van der Waals surface area (Å²) in [5.41, 5.74) is 1.23. The summed E-state index contributed by atoms with van der Waals surface area (Å²) in [6.45, 7) is 0.517. The van der Waals surface area contributed by atoms with E-state index in [1.807, 2.05) is 24.3 Å². The number of rotatable bonds is 2. The van der Waals surface area contributed by atoms with E-state index in [9.17, 15) is 4.79 Å². The van der Waals surface area contributed by atoms with E-state index >= 15 is 0 Å². The molecule has 0 aliphatic carbocycles. The molecule has 1 aliphatic heterocycles. The summed E-state index contributed by atoms with van der Waals surface area (Å²) in [5.74, 6) is 0.579. The third-order valence-corrected chi connectivity index (χ3v) is 3.16. The Morgan fingerprint density at radius 3 is 2.74 bits per heavy atom. The van der Waals surface area contributed by atoms with Crippen LogP contribution in [-0.4, -0.2) is 27.7 Å². The fraction of sp³-hybridized carbons (Fsp3) is 0.214. The number of ether oxygens (including phenoxy) is 1. The van der Waals surface area contributed by atoms with E-state index in [0.717, 1.165) is 17.7 Å². The van der Waals surface area contributed by atoms with Crippen molar-refractivity contribution in [2.24, 2.45) is 0 Å². The van der Waals surface area contributed by atoms with Gasteiger partial charge in [-0.05, 0) is 18.1 Å². The van der Waals surface area contributed by atoms with Crippen molar-refractivity contribution in [3.63, 3.8) is 0 Å². The fourth-order valence-corrected chi connectivity index (χ4v) is 2.15. The predicted molar refractivity (Wildman–Crippen MR) is 67.4 cm³/mol. The van der Waals surface area contributed by atoms with E-state index in [-0.39, 0.29) is 11.5 Å². The summed E-state index contributed by atoms with van der Waals surface area (Å²) in [5, 5.41) is 8.81. The van der Waals surface area contributed by atoms with Crippen molar-refractivity contribution in [2.45, 2.75) is 12.3 Å². The smallest absolute Gasteiger partial charge is 0.338 e. The molecule has 1 aromatic heterocycles. The molecule has 0 amide bonds. The third-order valence-electron chi connectivity index (χ3n) is 3.16. The standard InChI is InChI=1S/C14H12N2O3/c17-14(18)11-6-15-13(16-7-11)10-5-9-3-1-2-4-12(9)19-8-10/h1-4,6-7,10H,5,8H2,(H,17,18). The highest BCUT2D eigenvalue weighted by Gasteiger charge is 2.23. The number of fused-ring (bicyclic) bond motifs is 1. The van der Waals surface area contributed by atoms with Crippen molar-refractivity contribution in [3.8, 4) is 5.75 Å². The summed E-state index contributed by atoms with van der Waals surface area (Å²) >= 11 is 0. The van der Waals surface area contributed by atoms with E-state index in [4.69, 9.17) is 9.84 Å². The Labute approximate surface area is 109 Å². The van der Waals surface area contributed by atoms with Crippen LogP contribution in [0.2, 0.25) is 0 Å². The van der Waals surface area contributed by atoms with Gasteiger partial charge in [0.25, 0.3) is 0 Å². The SMILES string of the molecule is O=C(O)c1cnc(C2COc3ccccc3C2)nc1.